The van der Waals surface area contributed by atoms with E-state index in [1.165, 1.54) is 23.7 Å². The van der Waals surface area contributed by atoms with E-state index in [2.05, 4.69) is 25.4 Å². The minimum Gasteiger partial charge on any atom is -0.481 e. The van der Waals surface area contributed by atoms with Gasteiger partial charge in [0.25, 0.3) is 5.91 Å². The molecule has 0 aliphatic heterocycles. The fourth-order valence-electron chi connectivity index (χ4n) is 2.19. The first kappa shape index (κ1) is 16.6. The highest BCUT2D eigenvalue weighted by Crippen LogP contribution is 2.22. The van der Waals surface area contributed by atoms with Gasteiger partial charge in [0.2, 0.25) is 0 Å². The summed E-state index contributed by atoms with van der Waals surface area (Å²) in [7, 11) is 0. The van der Waals surface area contributed by atoms with Crippen molar-refractivity contribution in [2.24, 2.45) is 0 Å². The van der Waals surface area contributed by atoms with Crippen molar-refractivity contribution in [2.75, 3.05) is 5.32 Å². The van der Waals surface area contributed by atoms with Crippen LogP contribution in [0.15, 0.2) is 43.2 Å². The maximum absolute atomic E-state index is 12.4. The number of rotatable bonds is 5. The average molecular weight is 338 g/mol. The van der Waals surface area contributed by atoms with Gasteiger partial charge in [0.05, 0.1) is 0 Å². The van der Waals surface area contributed by atoms with Crippen LogP contribution in [0.5, 0.6) is 5.75 Å². The molecule has 1 amide bonds. The number of carbonyl (C=O) groups excluding carboxylic acids is 1. The van der Waals surface area contributed by atoms with Crippen molar-refractivity contribution < 1.29 is 9.53 Å². The standard InChI is InChI=1S/C17H18N6O2/c1-11-5-4-6-14(12(11)2)25-13(3)17(24)22-15-7-16(20-9-19-15)23-10-18-8-21-23/h4-10,13H,1-3H3,(H,19,20,22,24)/t13-/m1/s1. The molecule has 0 aliphatic carbocycles. The van der Waals surface area contributed by atoms with Crippen LogP contribution in [0.3, 0.4) is 0 Å². The quantitative estimate of drug-likeness (QED) is 0.765. The van der Waals surface area contributed by atoms with Gasteiger partial charge in [0, 0.05) is 6.07 Å². The molecule has 2 heterocycles. The highest BCUT2D eigenvalue weighted by molar-refractivity contribution is 5.93. The minimum absolute atomic E-state index is 0.302. The number of benzene rings is 1. The summed E-state index contributed by atoms with van der Waals surface area (Å²) in [4.78, 5) is 24.4. The molecule has 0 bridgehead atoms. The van der Waals surface area contributed by atoms with E-state index in [0.29, 0.717) is 17.4 Å². The second-order valence-electron chi connectivity index (χ2n) is 5.55. The van der Waals surface area contributed by atoms with E-state index in [9.17, 15) is 4.79 Å². The van der Waals surface area contributed by atoms with Crippen LogP contribution in [0.2, 0.25) is 0 Å². The van der Waals surface area contributed by atoms with Gasteiger partial charge in [-0.3, -0.25) is 4.79 Å². The average Bonchev–Trinajstić information content (AvgIpc) is 3.14. The molecule has 0 unspecified atom stereocenters. The van der Waals surface area contributed by atoms with Gasteiger partial charge >= 0.3 is 0 Å². The third-order valence-corrected chi connectivity index (χ3v) is 3.79. The summed E-state index contributed by atoms with van der Waals surface area (Å²) in [5.74, 6) is 1.26. The molecule has 1 N–H and O–H groups in total. The maximum atomic E-state index is 12.4. The normalized spacial score (nSPS) is 11.8. The molecule has 1 aromatic carbocycles. The summed E-state index contributed by atoms with van der Waals surface area (Å²) in [6.45, 7) is 5.65. The van der Waals surface area contributed by atoms with Gasteiger partial charge in [-0.15, -0.1) is 0 Å². The topological polar surface area (TPSA) is 94.8 Å². The lowest BCUT2D eigenvalue weighted by atomic mass is 10.1. The molecule has 0 radical (unpaired) electrons. The molecule has 25 heavy (non-hydrogen) atoms. The van der Waals surface area contributed by atoms with Gasteiger partial charge in [0.1, 0.15) is 30.5 Å². The zero-order valence-electron chi connectivity index (χ0n) is 14.2. The number of hydrogen-bond acceptors (Lipinski definition) is 6. The Morgan fingerprint density at radius 2 is 2.08 bits per heavy atom. The first-order valence-electron chi connectivity index (χ1n) is 7.75. The molecule has 3 aromatic rings. The highest BCUT2D eigenvalue weighted by atomic mass is 16.5. The van der Waals surface area contributed by atoms with Crippen molar-refractivity contribution in [3.8, 4) is 11.6 Å². The molecule has 128 valence electrons. The summed E-state index contributed by atoms with van der Waals surface area (Å²) >= 11 is 0. The summed E-state index contributed by atoms with van der Waals surface area (Å²) in [6, 6.07) is 7.35. The molecule has 3 rings (SSSR count). The fourth-order valence-corrected chi connectivity index (χ4v) is 2.19. The van der Waals surface area contributed by atoms with Crippen molar-refractivity contribution in [1.29, 1.82) is 0 Å². The Bertz CT molecular complexity index is 879. The lowest BCUT2D eigenvalue weighted by molar-refractivity contribution is -0.122. The number of amides is 1. The van der Waals surface area contributed by atoms with Crippen LogP contribution in [0.25, 0.3) is 5.82 Å². The van der Waals surface area contributed by atoms with Crippen LogP contribution in [0.1, 0.15) is 18.1 Å². The van der Waals surface area contributed by atoms with Crippen molar-refractivity contribution in [3.63, 3.8) is 0 Å². The highest BCUT2D eigenvalue weighted by Gasteiger charge is 2.17. The summed E-state index contributed by atoms with van der Waals surface area (Å²) < 4.78 is 7.26. The molecule has 2 aromatic heterocycles. The number of carbonyl (C=O) groups is 1. The van der Waals surface area contributed by atoms with Crippen LogP contribution in [0.4, 0.5) is 5.82 Å². The van der Waals surface area contributed by atoms with Crippen molar-refractivity contribution in [2.45, 2.75) is 26.9 Å². The van der Waals surface area contributed by atoms with Gasteiger partial charge in [-0.25, -0.2) is 19.6 Å². The Hall–Kier alpha value is -3.29. The van der Waals surface area contributed by atoms with Gasteiger partial charge < -0.3 is 10.1 Å². The third kappa shape index (κ3) is 3.79. The number of aromatic nitrogens is 5. The Balaban J connectivity index is 1.69. The van der Waals surface area contributed by atoms with Gasteiger partial charge in [0.15, 0.2) is 11.9 Å². The summed E-state index contributed by atoms with van der Waals surface area (Å²) in [6.07, 6.45) is 3.59. The largest absolute Gasteiger partial charge is 0.481 e. The molecule has 0 fully saturated rings. The van der Waals surface area contributed by atoms with Crippen molar-refractivity contribution in [1.82, 2.24) is 24.7 Å². The van der Waals surface area contributed by atoms with E-state index in [4.69, 9.17) is 4.74 Å². The first-order valence-corrected chi connectivity index (χ1v) is 7.75. The second-order valence-corrected chi connectivity index (χ2v) is 5.55. The lowest BCUT2D eigenvalue weighted by Gasteiger charge is -2.17. The molecule has 8 heteroatoms. The summed E-state index contributed by atoms with van der Waals surface area (Å²) in [5, 5.41) is 6.72. The lowest BCUT2D eigenvalue weighted by Crippen LogP contribution is -2.30. The number of hydrogen-bond donors (Lipinski definition) is 1. The molecule has 0 spiro atoms. The van der Waals surface area contributed by atoms with E-state index >= 15 is 0 Å². The van der Waals surface area contributed by atoms with Gasteiger partial charge in [-0.1, -0.05) is 12.1 Å². The van der Waals surface area contributed by atoms with Crippen LogP contribution in [-0.4, -0.2) is 36.7 Å². The monoisotopic (exact) mass is 338 g/mol. The van der Waals surface area contributed by atoms with E-state index < -0.39 is 6.10 Å². The predicted molar refractivity (Wildman–Crippen MR) is 91.6 cm³/mol. The van der Waals surface area contributed by atoms with E-state index in [1.54, 1.807) is 13.0 Å². The zero-order valence-corrected chi connectivity index (χ0v) is 14.2. The SMILES string of the molecule is Cc1cccc(O[C@H](C)C(=O)Nc2cc(-n3cncn3)ncn2)c1C. The molecular formula is C17H18N6O2. The number of anilines is 1. The molecule has 1 atom stereocenters. The molecule has 0 aliphatic rings. The van der Waals surface area contributed by atoms with Gasteiger partial charge in [-0.05, 0) is 38.0 Å². The molecule has 8 nitrogen and oxygen atoms in total. The van der Waals surface area contributed by atoms with Crippen LogP contribution < -0.4 is 10.1 Å². The Morgan fingerprint density at radius 1 is 1.24 bits per heavy atom. The van der Waals surface area contributed by atoms with Crippen LogP contribution in [-0.2, 0) is 4.79 Å². The molecular weight excluding hydrogens is 320 g/mol. The van der Waals surface area contributed by atoms with Crippen molar-refractivity contribution >= 4 is 11.7 Å². The Kier molecular flexibility index (Phi) is 4.69. The fraction of sp³-hybridized carbons (Fsp3) is 0.235. The number of aryl methyl sites for hydroxylation is 1. The van der Waals surface area contributed by atoms with E-state index in [-0.39, 0.29) is 5.91 Å². The zero-order chi connectivity index (χ0) is 17.8. The Labute approximate surface area is 144 Å². The van der Waals surface area contributed by atoms with Gasteiger partial charge in [-0.2, -0.15) is 5.10 Å². The second kappa shape index (κ2) is 7.08. The summed E-state index contributed by atoms with van der Waals surface area (Å²) in [5.41, 5.74) is 2.12. The smallest absolute Gasteiger partial charge is 0.266 e. The molecule has 0 saturated heterocycles. The number of ether oxygens (including phenoxy) is 1. The van der Waals surface area contributed by atoms with E-state index in [0.717, 1.165) is 11.1 Å². The van der Waals surface area contributed by atoms with Crippen LogP contribution in [0, 0.1) is 13.8 Å². The number of nitrogens with one attached hydrogen (secondary N) is 1. The minimum atomic E-state index is -0.676. The maximum Gasteiger partial charge on any atom is 0.266 e. The predicted octanol–water partition coefficient (Wildman–Crippen LogP) is 2.08. The van der Waals surface area contributed by atoms with Crippen molar-refractivity contribution in [3.05, 3.63) is 54.4 Å². The Morgan fingerprint density at radius 3 is 2.84 bits per heavy atom. The van der Waals surface area contributed by atoms with Crippen LogP contribution >= 0.6 is 0 Å². The van der Waals surface area contributed by atoms with E-state index in [1.807, 2.05) is 32.0 Å². The third-order valence-electron chi connectivity index (χ3n) is 3.79. The number of nitrogens with zero attached hydrogens (tertiary/aromatic N) is 5. The first-order chi connectivity index (χ1) is 12.0. The molecule has 0 saturated carbocycles.